The number of ether oxygens (including phenoxy) is 1. The van der Waals surface area contributed by atoms with Gasteiger partial charge in [0.15, 0.2) is 5.58 Å². The number of anilines is 1. The lowest BCUT2D eigenvalue weighted by atomic mass is 10.0. The van der Waals surface area contributed by atoms with Gasteiger partial charge in [-0.2, -0.15) is 0 Å². The normalized spacial score (nSPS) is 16.9. The van der Waals surface area contributed by atoms with Crippen LogP contribution in [0.15, 0.2) is 45.6 Å². The number of fused-ring (bicyclic) bond motifs is 1. The zero-order valence-corrected chi connectivity index (χ0v) is 16.8. The first-order valence-electron chi connectivity index (χ1n) is 9.46. The van der Waals surface area contributed by atoms with E-state index in [2.05, 4.69) is 0 Å². The molecule has 0 aliphatic carbocycles. The van der Waals surface area contributed by atoms with Gasteiger partial charge in [0, 0.05) is 29.9 Å². The second-order valence-electron chi connectivity index (χ2n) is 7.28. The number of nitrogens with two attached hydrogens (primary N) is 1. The van der Waals surface area contributed by atoms with Crippen molar-refractivity contribution in [1.29, 1.82) is 0 Å². The Morgan fingerprint density at radius 1 is 1.31 bits per heavy atom. The first-order valence-corrected chi connectivity index (χ1v) is 9.84. The number of piperidine rings is 1. The Labute approximate surface area is 172 Å². The highest BCUT2D eigenvalue weighted by molar-refractivity contribution is 6.30. The molecule has 8 heteroatoms. The average Bonchev–Trinajstić information content (AvgIpc) is 3.02. The quantitative estimate of drug-likeness (QED) is 0.660. The molecule has 1 fully saturated rings. The van der Waals surface area contributed by atoms with E-state index in [-0.39, 0.29) is 18.4 Å². The number of nitrogens with zero attached hydrogens (tertiary/aromatic N) is 2. The van der Waals surface area contributed by atoms with E-state index >= 15 is 0 Å². The molecule has 1 amide bonds. The summed E-state index contributed by atoms with van der Waals surface area (Å²) in [7, 11) is 1.56. The number of halogens is 1. The van der Waals surface area contributed by atoms with E-state index in [4.69, 9.17) is 26.5 Å². The van der Waals surface area contributed by atoms with Crippen molar-refractivity contribution in [3.05, 3.63) is 57.5 Å². The van der Waals surface area contributed by atoms with Crippen molar-refractivity contribution in [1.82, 2.24) is 9.47 Å². The van der Waals surface area contributed by atoms with E-state index in [1.54, 1.807) is 46.9 Å². The minimum atomic E-state index is -0.426. The molecule has 1 aliphatic rings. The number of carbonyl (C=O) groups is 1. The number of methoxy groups -OCH3 is 1. The molecule has 2 aromatic carbocycles. The van der Waals surface area contributed by atoms with Crippen LogP contribution in [0.1, 0.15) is 24.4 Å². The topological polar surface area (TPSA) is 90.7 Å². The number of hydrogen-bond acceptors (Lipinski definition) is 5. The zero-order valence-electron chi connectivity index (χ0n) is 16.1. The predicted octanol–water partition coefficient (Wildman–Crippen LogP) is 3.24. The van der Waals surface area contributed by atoms with Crippen molar-refractivity contribution in [3.8, 4) is 5.75 Å². The number of benzene rings is 2. The van der Waals surface area contributed by atoms with Crippen LogP contribution in [0.2, 0.25) is 5.02 Å². The summed E-state index contributed by atoms with van der Waals surface area (Å²) in [5, 5.41) is 0.527. The highest BCUT2D eigenvalue weighted by atomic mass is 35.5. The van der Waals surface area contributed by atoms with Crippen molar-refractivity contribution >= 4 is 34.3 Å². The van der Waals surface area contributed by atoms with Crippen LogP contribution < -0.4 is 16.2 Å². The monoisotopic (exact) mass is 415 g/mol. The summed E-state index contributed by atoms with van der Waals surface area (Å²) >= 11 is 6.11. The molecule has 1 saturated heterocycles. The maximum atomic E-state index is 12.9. The second-order valence-corrected chi connectivity index (χ2v) is 7.71. The van der Waals surface area contributed by atoms with Crippen LogP contribution in [-0.2, 0) is 11.2 Å². The standard InChI is InChI=1S/C21H22ClN3O4/c1-28-17-8-13(7-14(22)10-17)9-20(26)24-6-2-3-16(12-24)25-18-5-4-15(23)11-19(18)29-21(25)27/h4-5,7-8,10-11,16H,2-3,6,9,12,23H2,1H3/t16-/m0/s1. The number of amides is 1. The Balaban J connectivity index is 1.54. The Bertz CT molecular complexity index is 1120. The smallest absolute Gasteiger partial charge is 0.420 e. The summed E-state index contributed by atoms with van der Waals surface area (Å²) in [4.78, 5) is 27.1. The SMILES string of the molecule is COc1cc(Cl)cc(CC(=O)N2CCC[C@H](n3c(=O)oc4cc(N)ccc43)C2)c1. The number of hydrogen-bond donors (Lipinski definition) is 1. The summed E-state index contributed by atoms with van der Waals surface area (Å²) in [5.41, 5.74) is 8.28. The molecule has 0 unspecified atom stereocenters. The zero-order chi connectivity index (χ0) is 20.5. The minimum absolute atomic E-state index is 0.0101. The van der Waals surface area contributed by atoms with Crippen molar-refractivity contribution in [2.45, 2.75) is 25.3 Å². The molecule has 7 nitrogen and oxygen atoms in total. The van der Waals surface area contributed by atoms with Crippen LogP contribution in [-0.4, -0.2) is 35.6 Å². The molecule has 2 heterocycles. The van der Waals surface area contributed by atoms with Gasteiger partial charge in [0.25, 0.3) is 0 Å². The predicted molar refractivity (Wildman–Crippen MR) is 111 cm³/mol. The van der Waals surface area contributed by atoms with Crippen LogP contribution in [0.3, 0.4) is 0 Å². The number of rotatable bonds is 4. The molecule has 29 heavy (non-hydrogen) atoms. The van der Waals surface area contributed by atoms with Gasteiger partial charge in [-0.1, -0.05) is 11.6 Å². The summed E-state index contributed by atoms with van der Waals surface area (Å²) in [6.45, 7) is 1.11. The molecule has 0 saturated carbocycles. The van der Waals surface area contributed by atoms with Crippen LogP contribution >= 0.6 is 11.6 Å². The van der Waals surface area contributed by atoms with Gasteiger partial charge in [-0.15, -0.1) is 0 Å². The summed E-state index contributed by atoms with van der Waals surface area (Å²) in [5.74, 6) is 0.182. The van der Waals surface area contributed by atoms with E-state index in [0.29, 0.717) is 40.6 Å². The van der Waals surface area contributed by atoms with E-state index in [0.717, 1.165) is 18.4 Å². The van der Waals surface area contributed by atoms with Gasteiger partial charge < -0.3 is 19.8 Å². The van der Waals surface area contributed by atoms with Crippen LogP contribution in [0.25, 0.3) is 11.1 Å². The van der Waals surface area contributed by atoms with Gasteiger partial charge >= 0.3 is 5.76 Å². The maximum absolute atomic E-state index is 12.9. The molecular weight excluding hydrogens is 394 g/mol. The summed E-state index contributed by atoms with van der Waals surface area (Å²) < 4.78 is 12.2. The number of nitrogen functional groups attached to an aromatic ring is 1. The Morgan fingerprint density at radius 2 is 2.14 bits per heavy atom. The molecule has 1 atom stereocenters. The number of carbonyl (C=O) groups excluding carboxylic acids is 1. The molecular formula is C21H22ClN3O4. The van der Waals surface area contributed by atoms with Crippen LogP contribution in [0.4, 0.5) is 5.69 Å². The lowest BCUT2D eigenvalue weighted by Crippen LogP contribution is -2.42. The lowest BCUT2D eigenvalue weighted by molar-refractivity contribution is -0.132. The summed E-state index contributed by atoms with van der Waals surface area (Å²) in [6, 6.07) is 10.3. The molecule has 152 valence electrons. The number of likely N-dealkylation sites (tertiary alicyclic amines) is 1. The van der Waals surface area contributed by atoms with Crippen LogP contribution in [0, 0.1) is 0 Å². The molecule has 1 aliphatic heterocycles. The molecule has 0 spiro atoms. The van der Waals surface area contributed by atoms with E-state index in [9.17, 15) is 9.59 Å². The highest BCUT2D eigenvalue weighted by Gasteiger charge is 2.28. The first kappa shape index (κ1) is 19.4. The fourth-order valence-electron chi connectivity index (χ4n) is 3.92. The maximum Gasteiger partial charge on any atom is 0.420 e. The Kier molecular flexibility index (Phi) is 5.24. The third-order valence-corrected chi connectivity index (χ3v) is 5.49. The first-order chi connectivity index (χ1) is 13.9. The third-order valence-electron chi connectivity index (χ3n) is 5.27. The molecule has 0 bridgehead atoms. The molecule has 4 rings (SSSR count). The summed E-state index contributed by atoms with van der Waals surface area (Å²) in [6.07, 6.45) is 1.83. The third kappa shape index (κ3) is 3.96. The fraction of sp³-hybridized carbons (Fsp3) is 0.333. The molecule has 2 N–H and O–H groups in total. The van der Waals surface area contributed by atoms with Gasteiger partial charge in [-0.3, -0.25) is 9.36 Å². The van der Waals surface area contributed by atoms with E-state index < -0.39 is 5.76 Å². The van der Waals surface area contributed by atoms with Gasteiger partial charge in [-0.05, 0) is 48.7 Å². The van der Waals surface area contributed by atoms with Gasteiger partial charge in [-0.25, -0.2) is 4.79 Å². The minimum Gasteiger partial charge on any atom is -0.497 e. The Morgan fingerprint density at radius 3 is 2.93 bits per heavy atom. The van der Waals surface area contributed by atoms with Gasteiger partial charge in [0.2, 0.25) is 5.91 Å². The van der Waals surface area contributed by atoms with Crippen molar-refractivity contribution in [2.24, 2.45) is 0 Å². The van der Waals surface area contributed by atoms with Crippen molar-refractivity contribution in [2.75, 3.05) is 25.9 Å². The molecule has 3 aromatic rings. The fourth-order valence-corrected chi connectivity index (χ4v) is 4.17. The largest absolute Gasteiger partial charge is 0.497 e. The van der Waals surface area contributed by atoms with Crippen LogP contribution in [0.5, 0.6) is 5.75 Å². The second kappa shape index (κ2) is 7.83. The van der Waals surface area contributed by atoms with Gasteiger partial charge in [0.05, 0.1) is 25.1 Å². The molecule has 0 radical (unpaired) electrons. The van der Waals surface area contributed by atoms with E-state index in [1.807, 2.05) is 6.07 Å². The number of aromatic nitrogens is 1. The van der Waals surface area contributed by atoms with Crippen molar-refractivity contribution in [3.63, 3.8) is 0 Å². The van der Waals surface area contributed by atoms with Gasteiger partial charge in [0.1, 0.15) is 5.75 Å². The van der Waals surface area contributed by atoms with Crippen molar-refractivity contribution < 1.29 is 13.9 Å². The average molecular weight is 416 g/mol. The number of oxazole rings is 1. The molecule has 1 aromatic heterocycles. The highest BCUT2D eigenvalue weighted by Crippen LogP contribution is 2.27. The lowest BCUT2D eigenvalue weighted by Gasteiger charge is -2.33. The van der Waals surface area contributed by atoms with E-state index in [1.165, 1.54) is 0 Å². The Hall–Kier alpha value is -2.93.